The third-order valence-electron chi connectivity index (χ3n) is 3.14. The maximum absolute atomic E-state index is 12.2. The molecular weight excluding hydrogens is 249 g/mol. The van der Waals surface area contributed by atoms with Crippen LogP contribution in [0.5, 0.6) is 11.5 Å². The highest BCUT2D eigenvalue weighted by Crippen LogP contribution is 2.33. The molecular formula is C12H14BNO5. The van der Waals surface area contributed by atoms with Crippen LogP contribution in [0.1, 0.15) is 17.3 Å². The van der Waals surface area contributed by atoms with Crippen LogP contribution in [0.2, 0.25) is 0 Å². The average Bonchev–Trinajstić information content (AvgIpc) is 2.82. The van der Waals surface area contributed by atoms with Crippen molar-refractivity contribution in [1.29, 1.82) is 0 Å². The van der Waals surface area contributed by atoms with Gasteiger partial charge in [0.1, 0.15) is 0 Å². The zero-order chi connectivity index (χ0) is 14.2. The number of ether oxygens (including phenoxy) is 2. The largest absolute Gasteiger partial charge is 0.454 e. The van der Waals surface area contributed by atoms with Gasteiger partial charge in [-0.25, -0.2) is 0 Å². The standard InChI is InChI=1S/C12H14BNO5/c1-7(14(2)12(13,16)17)11(15)8-3-4-9-10(5-8)19-6-18-9/h3-5,7,16-17H,6H2,1-2H3/t7-/m0/s1. The third-order valence-corrected chi connectivity index (χ3v) is 3.14. The van der Waals surface area contributed by atoms with Gasteiger partial charge in [-0.3, -0.25) is 9.69 Å². The van der Waals surface area contributed by atoms with E-state index in [0.717, 1.165) is 4.90 Å². The third kappa shape index (κ3) is 2.73. The first-order chi connectivity index (χ1) is 8.80. The lowest BCUT2D eigenvalue weighted by Gasteiger charge is -2.33. The van der Waals surface area contributed by atoms with Crippen molar-refractivity contribution in [2.24, 2.45) is 0 Å². The van der Waals surface area contributed by atoms with Crippen LogP contribution in [-0.2, 0) is 0 Å². The number of aliphatic hydroxyl groups is 2. The molecule has 6 nitrogen and oxygen atoms in total. The zero-order valence-electron chi connectivity index (χ0n) is 10.7. The van der Waals surface area contributed by atoms with E-state index in [1.807, 2.05) is 0 Å². The van der Waals surface area contributed by atoms with Crippen LogP contribution in [0.3, 0.4) is 0 Å². The summed E-state index contributed by atoms with van der Waals surface area (Å²) in [5.74, 6) is -1.78. The molecule has 1 aromatic rings. The number of Topliss-reactive ketones (excluding diaryl/α,β-unsaturated/α-hetero) is 1. The molecule has 0 aromatic heterocycles. The highest BCUT2D eigenvalue weighted by Gasteiger charge is 2.31. The van der Waals surface area contributed by atoms with Crippen molar-refractivity contribution >= 4 is 13.6 Å². The molecule has 2 radical (unpaired) electrons. The Morgan fingerprint density at radius 2 is 2.05 bits per heavy atom. The molecule has 1 aromatic carbocycles. The second-order valence-corrected chi connectivity index (χ2v) is 4.41. The van der Waals surface area contributed by atoms with E-state index in [4.69, 9.17) is 17.3 Å². The number of benzene rings is 1. The molecule has 1 atom stereocenters. The molecule has 1 aliphatic rings. The molecule has 19 heavy (non-hydrogen) atoms. The Hall–Kier alpha value is -1.57. The summed E-state index contributed by atoms with van der Waals surface area (Å²) in [5, 5.41) is 18.5. The van der Waals surface area contributed by atoms with Gasteiger partial charge in [-0.2, -0.15) is 0 Å². The molecule has 1 heterocycles. The van der Waals surface area contributed by atoms with Crippen LogP contribution >= 0.6 is 0 Å². The topological polar surface area (TPSA) is 79.2 Å². The maximum atomic E-state index is 12.2. The summed E-state index contributed by atoms with van der Waals surface area (Å²) >= 11 is 0. The molecule has 0 fully saturated rings. The van der Waals surface area contributed by atoms with E-state index in [-0.39, 0.29) is 12.6 Å². The number of ketones is 1. The second kappa shape index (κ2) is 4.84. The predicted molar refractivity (Wildman–Crippen MR) is 67.0 cm³/mol. The van der Waals surface area contributed by atoms with E-state index in [1.54, 1.807) is 18.2 Å². The minimum absolute atomic E-state index is 0.127. The molecule has 0 amide bonds. The van der Waals surface area contributed by atoms with Gasteiger partial charge in [0.05, 0.1) is 6.04 Å². The number of carbonyl (C=O) groups excluding carboxylic acids is 1. The smallest absolute Gasteiger partial charge is 0.231 e. The molecule has 0 aliphatic carbocycles. The van der Waals surface area contributed by atoms with Crippen molar-refractivity contribution in [3.63, 3.8) is 0 Å². The normalized spacial score (nSPS) is 15.6. The van der Waals surface area contributed by atoms with E-state index in [9.17, 15) is 15.0 Å². The Morgan fingerprint density at radius 1 is 1.42 bits per heavy atom. The van der Waals surface area contributed by atoms with E-state index in [0.29, 0.717) is 17.1 Å². The maximum Gasteiger partial charge on any atom is 0.231 e. The highest BCUT2D eigenvalue weighted by molar-refractivity contribution is 6.13. The second-order valence-electron chi connectivity index (χ2n) is 4.41. The van der Waals surface area contributed by atoms with E-state index in [2.05, 4.69) is 0 Å². The fourth-order valence-corrected chi connectivity index (χ4v) is 1.75. The lowest BCUT2D eigenvalue weighted by molar-refractivity contribution is -0.194. The van der Waals surface area contributed by atoms with Crippen LogP contribution < -0.4 is 9.47 Å². The van der Waals surface area contributed by atoms with Crippen LogP contribution in [0.25, 0.3) is 0 Å². The number of fused-ring (bicyclic) bond motifs is 1. The Labute approximate surface area is 112 Å². The SMILES string of the molecule is [B]C(O)(O)N(C)[C@@H](C)C(=O)c1ccc2c(c1)OCO2. The van der Waals surface area contributed by atoms with Crippen LogP contribution in [-0.4, -0.2) is 54.4 Å². The highest BCUT2D eigenvalue weighted by atomic mass is 16.7. The van der Waals surface area contributed by atoms with Crippen molar-refractivity contribution in [2.45, 2.75) is 18.8 Å². The predicted octanol–water partition coefficient (Wildman–Crippen LogP) is -0.317. The molecule has 2 N–H and O–H groups in total. The molecule has 1 aliphatic heterocycles. The summed E-state index contributed by atoms with van der Waals surface area (Å²) in [5.41, 5.74) is 0.382. The van der Waals surface area contributed by atoms with Gasteiger partial charge in [0.25, 0.3) is 0 Å². The quantitative estimate of drug-likeness (QED) is 0.440. The van der Waals surface area contributed by atoms with Crippen molar-refractivity contribution < 1.29 is 24.5 Å². The molecule has 100 valence electrons. The molecule has 0 unspecified atom stereocenters. The van der Waals surface area contributed by atoms with Gasteiger partial charge in [-0.1, -0.05) is 0 Å². The fraction of sp³-hybridized carbons (Fsp3) is 0.417. The number of likely N-dealkylation sites (N-methyl/N-ethyl adjacent to an activating group) is 1. The first-order valence-corrected chi connectivity index (χ1v) is 5.71. The van der Waals surface area contributed by atoms with Crippen LogP contribution in [0, 0.1) is 0 Å². The Balaban J connectivity index is 2.20. The molecule has 7 heteroatoms. The monoisotopic (exact) mass is 263 g/mol. The number of hydrogen-bond donors (Lipinski definition) is 2. The van der Waals surface area contributed by atoms with Gasteiger partial charge in [0.15, 0.2) is 30.9 Å². The van der Waals surface area contributed by atoms with Gasteiger partial charge in [-0.05, 0) is 32.2 Å². The lowest BCUT2D eigenvalue weighted by Crippen LogP contribution is -2.53. The van der Waals surface area contributed by atoms with E-state index >= 15 is 0 Å². The average molecular weight is 263 g/mol. The Kier molecular flexibility index (Phi) is 3.53. The number of carbonyl (C=O) groups is 1. The number of hydrogen-bond acceptors (Lipinski definition) is 6. The van der Waals surface area contributed by atoms with Crippen molar-refractivity contribution in [3.05, 3.63) is 23.8 Å². The van der Waals surface area contributed by atoms with Crippen molar-refractivity contribution in [3.8, 4) is 11.5 Å². The van der Waals surface area contributed by atoms with Gasteiger partial charge in [0, 0.05) is 5.56 Å². The molecule has 0 saturated heterocycles. The molecule has 2 rings (SSSR count). The fourth-order valence-electron chi connectivity index (χ4n) is 1.75. The summed E-state index contributed by atoms with van der Waals surface area (Å²) in [6, 6.07) is 3.98. The van der Waals surface area contributed by atoms with Gasteiger partial charge < -0.3 is 19.7 Å². The Bertz CT molecular complexity index is 499. The van der Waals surface area contributed by atoms with Crippen molar-refractivity contribution in [1.82, 2.24) is 4.90 Å². The summed E-state index contributed by atoms with van der Waals surface area (Å²) in [6.07, 6.45) is 0. The molecule has 0 saturated carbocycles. The van der Waals surface area contributed by atoms with Crippen LogP contribution in [0.15, 0.2) is 18.2 Å². The molecule has 0 bridgehead atoms. The lowest BCUT2D eigenvalue weighted by atomic mass is 9.97. The first-order valence-electron chi connectivity index (χ1n) is 5.71. The van der Waals surface area contributed by atoms with Crippen molar-refractivity contribution in [2.75, 3.05) is 13.8 Å². The summed E-state index contributed by atoms with van der Waals surface area (Å²) < 4.78 is 10.3. The first kappa shape index (κ1) is 13.9. The summed E-state index contributed by atoms with van der Waals surface area (Å²) in [6.45, 7) is 1.66. The number of rotatable bonds is 4. The summed E-state index contributed by atoms with van der Waals surface area (Å²) in [4.78, 5) is 13.2. The molecule has 0 spiro atoms. The minimum atomic E-state index is -2.55. The van der Waals surface area contributed by atoms with Crippen LogP contribution in [0.4, 0.5) is 0 Å². The zero-order valence-corrected chi connectivity index (χ0v) is 10.7. The van der Waals surface area contributed by atoms with Gasteiger partial charge in [0.2, 0.25) is 6.79 Å². The van der Waals surface area contributed by atoms with Gasteiger partial charge in [-0.15, -0.1) is 0 Å². The number of nitrogens with zero attached hydrogens (tertiary/aromatic N) is 1. The van der Waals surface area contributed by atoms with Gasteiger partial charge >= 0.3 is 0 Å². The van der Waals surface area contributed by atoms with E-state index in [1.165, 1.54) is 14.0 Å². The Morgan fingerprint density at radius 3 is 2.68 bits per heavy atom. The van der Waals surface area contributed by atoms with E-state index < -0.39 is 11.9 Å². The minimum Gasteiger partial charge on any atom is -0.454 e. The summed E-state index contributed by atoms with van der Waals surface area (Å²) in [7, 11) is 6.47.